The van der Waals surface area contributed by atoms with Gasteiger partial charge in [-0.15, -0.1) is 0 Å². The van der Waals surface area contributed by atoms with Crippen LogP contribution in [0.3, 0.4) is 0 Å². The predicted octanol–water partition coefficient (Wildman–Crippen LogP) is 0.749. The summed E-state index contributed by atoms with van der Waals surface area (Å²) in [5.74, 6) is -0.00374. The summed E-state index contributed by atoms with van der Waals surface area (Å²) >= 11 is 0. The van der Waals surface area contributed by atoms with Gasteiger partial charge in [-0.25, -0.2) is 0 Å². The van der Waals surface area contributed by atoms with E-state index in [1.165, 1.54) is 0 Å². The number of rotatable bonds is 4. The van der Waals surface area contributed by atoms with E-state index in [-0.39, 0.29) is 17.2 Å². The van der Waals surface area contributed by atoms with Crippen molar-refractivity contribution in [1.82, 2.24) is 15.5 Å². The first-order valence-corrected chi connectivity index (χ1v) is 7.12. The fourth-order valence-electron chi connectivity index (χ4n) is 2.21. The van der Waals surface area contributed by atoms with E-state index in [0.29, 0.717) is 12.8 Å². The van der Waals surface area contributed by atoms with Gasteiger partial charge < -0.3 is 15.5 Å². The Morgan fingerprint density at radius 2 is 1.84 bits per heavy atom. The Kier molecular flexibility index (Phi) is 5.79. The molecule has 1 rings (SSSR count). The lowest BCUT2D eigenvalue weighted by Gasteiger charge is -2.33. The molecular weight excluding hydrogens is 242 g/mol. The number of hydrogen-bond donors (Lipinski definition) is 2. The highest BCUT2D eigenvalue weighted by molar-refractivity contribution is 5.87. The lowest BCUT2D eigenvalue weighted by atomic mass is 9.87. The standard InChI is InChI=1S/C14H27N3O2/c1-5-12(18)16-11(10-14(2,3)4)13(19)17-8-6-15-7-9-17/h11,15H,5-10H2,1-4H3,(H,16,18)/t11-/m0/s1. The third-order valence-corrected chi connectivity index (χ3v) is 3.20. The molecule has 0 radical (unpaired) electrons. The zero-order valence-electron chi connectivity index (χ0n) is 12.6. The summed E-state index contributed by atoms with van der Waals surface area (Å²) in [4.78, 5) is 26.0. The molecule has 1 saturated heterocycles. The summed E-state index contributed by atoms with van der Waals surface area (Å²) in [6, 6.07) is -0.398. The Hall–Kier alpha value is -1.10. The largest absolute Gasteiger partial charge is 0.344 e. The Labute approximate surface area is 116 Å². The maximum absolute atomic E-state index is 12.5. The van der Waals surface area contributed by atoms with Crippen LogP contribution in [0.1, 0.15) is 40.5 Å². The van der Waals surface area contributed by atoms with E-state index >= 15 is 0 Å². The van der Waals surface area contributed by atoms with E-state index in [2.05, 4.69) is 31.4 Å². The molecule has 0 bridgehead atoms. The first kappa shape index (κ1) is 16.0. The highest BCUT2D eigenvalue weighted by Gasteiger charge is 2.30. The smallest absolute Gasteiger partial charge is 0.245 e. The molecule has 0 aromatic rings. The third-order valence-electron chi connectivity index (χ3n) is 3.20. The van der Waals surface area contributed by atoms with Crippen molar-refractivity contribution in [1.29, 1.82) is 0 Å². The first-order valence-electron chi connectivity index (χ1n) is 7.12. The van der Waals surface area contributed by atoms with Crippen LogP contribution in [0.4, 0.5) is 0 Å². The quantitative estimate of drug-likeness (QED) is 0.791. The van der Waals surface area contributed by atoms with Crippen LogP contribution in [0.2, 0.25) is 0 Å². The number of amides is 2. The van der Waals surface area contributed by atoms with Crippen molar-refractivity contribution in [2.24, 2.45) is 5.41 Å². The molecule has 0 spiro atoms. The van der Waals surface area contributed by atoms with Crippen molar-refractivity contribution >= 4 is 11.8 Å². The summed E-state index contributed by atoms with van der Waals surface area (Å²) in [5.41, 5.74) is 0.00931. The maximum Gasteiger partial charge on any atom is 0.245 e. The fraction of sp³-hybridized carbons (Fsp3) is 0.857. The summed E-state index contributed by atoms with van der Waals surface area (Å²) in [6.07, 6.45) is 1.08. The van der Waals surface area contributed by atoms with Crippen LogP contribution in [-0.2, 0) is 9.59 Å². The summed E-state index contributed by atoms with van der Waals surface area (Å²) in [5, 5.41) is 6.10. The first-order chi connectivity index (χ1) is 8.83. The van der Waals surface area contributed by atoms with Crippen LogP contribution < -0.4 is 10.6 Å². The Bertz CT molecular complexity index is 317. The van der Waals surface area contributed by atoms with E-state index in [9.17, 15) is 9.59 Å². The van der Waals surface area contributed by atoms with Gasteiger partial charge in [0.05, 0.1) is 0 Å². The lowest BCUT2D eigenvalue weighted by Crippen LogP contribution is -2.54. The average Bonchev–Trinajstić information content (AvgIpc) is 2.36. The molecule has 0 aromatic heterocycles. The number of hydrogen-bond acceptors (Lipinski definition) is 3. The molecule has 5 heteroatoms. The zero-order valence-corrected chi connectivity index (χ0v) is 12.6. The Morgan fingerprint density at radius 1 is 1.26 bits per heavy atom. The minimum absolute atomic E-state index is 0.00931. The van der Waals surface area contributed by atoms with Crippen molar-refractivity contribution in [3.63, 3.8) is 0 Å². The average molecular weight is 269 g/mol. The summed E-state index contributed by atoms with van der Waals surface area (Å²) in [7, 11) is 0. The number of nitrogens with zero attached hydrogens (tertiary/aromatic N) is 1. The van der Waals surface area contributed by atoms with Gasteiger partial charge in [0.2, 0.25) is 11.8 Å². The highest BCUT2D eigenvalue weighted by Crippen LogP contribution is 2.22. The van der Waals surface area contributed by atoms with E-state index < -0.39 is 6.04 Å². The predicted molar refractivity (Wildman–Crippen MR) is 75.7 cm³/mol. The molecule has 2 amide bonds. The summed E-state index contributed by atoms with van der Waals surface area (Å²) in [6.45, 7) is 11.2. The van der Waals surface area contributed by atoms with Gasteiger partial charge in [0, 0.05) is 32.6 Å². The fourth-order valence-corrected chi connectivity index (χ4v) is 2.21. The van der Waals surface area contributed by atoms with E-state index in [4.69, 9.17) is 0 Å². The van der Waals surface area contributed by atoms with Gasteiger partial charge in [0.15, 0.2) is 0 Å². The molecule has 5 nitrogen and oxygen atoms in total. The van der Waals surface area contributed by atoms with Gasteiger partial charge in [0.1, 0.15) is 6.04 Å². The minimum atomic E-state index is -0.398. The second-order valence-electron chi connectivity index (χ2n) is 6.31. The van der Waals surface area contributed by atoms with E-state index in [1.807, 2.05) is 4.90 Å². The van der Waals surface area contributed by atoms with Crippen LogP contribution in [0.5, 0.6) is 0 Å². The molecule has 0 aliphatic carbocycles. The second kappa shape index (κ2) is 6.89. The van der Waals surface area contributed by atoms with Crippen LogP contribution >= 0.6 is 0 Å². The Morgan fingerprint density at radius 3 is 2.32 bits per heavy atom. The minimum Gasteiger partial charge on any atom is -0.344 e. The molecule has 110 valence electrons. The monoisotopic (exact) mass is 269 g/mol. The van der Waals surface area contributed by atoms with Crippen molar-refractivity contribution in [3.8, 4) is 0 Å². The van der Waals surface area contributed by atoms with Gasteiger partial charge in [-0.3, -0.25) is 9.59 Å². The van der Waals surface area contributed by atoms with Gasteiger partial charge >= 0.3 is 0 Å². The van der Waals surface area contributed by atoms with Crippen molar-refractivity contribution in [2.75, 3.05) is 26.2 Å². The molecule has 1 fully saturated rings. The molecule has 2 N–H and O–H groups in total. The van der Waals surface area contributed by atoms with E-state index in [1.54, 1.807) is 6.92 Å². The van der Waals surface area contributed by atoms with Gasteiger partial charge in [0.25, 0.3) is 0 Å². The summed E-state index contributed by atoms with van der Waals surface area (Å²) < 4.78 is 0. The lowest BCUT2D eigenvalue weighted by molar-refractivity contribution is -0.137. The maximum atomic E-state index is 12.5. The van der Waals surface area contributed by atoms with E-state index in [0.717, 1.165) is 26.2 Å². The molecular formula is C14H27N3O2. The van der Waals surface area contributed by atoms with Crippen molar-refractivity contribution in [3.05, 3.63) is 0 Å². The van der Waals surface area contributed by atoms with Crippen molar-refractivity contribution < 1.29 is 9.59 Å². The number of nitrogens with one attached hydrogen (secondary N) is 2. The van der Waals surface area contributed by atoms with Gasteiger partial charge in [-0.1, -0.05) is 27.7 Å². The van der Waals surface area contributed by atoms with Gasteiger partial charge in [-0.2, -0.15) is 0 Å². The molecule has 0 saturated carbocycles. The molecule has 19 heavy (non-hydrogen) atoms. The number of carbonyl (C=O) groups is 2. The molecule has 0 aromatic carbocycles. The molecule has 1 atom stereocenters. The van der Waals surface area contributed by atoms with Crippen molar-refractivity contribution in [2.45, 2.75) is 46.6 Å². The third kappa shape index (κ3) is 5.59. The van der Waals surface area contributed by atoms with Crippen LogP contribution in [0.15, 0.2) is 0 Å². The molecule has 1 aliphatic heterocycles. The number of piperazine rings is 1. The van der Waals surface area contributed by atoms with Gasteiger partial charge in [-0.05, 0) is 11.8 Å². The molecule has 1 heterocycles. The van der Waals surface area contributed by atoms with Crippen LogP contribution in [0, 0.1) is 5.41 Å². The highest BCUT2D eigenvalue weighted by atomic mass is 16.2. The topological polar surface area (TPSA) is 61.4 Å². The van der Waals surface area contributed by atoms with Crippen LogP contribution in [-0.4, -0.2) is 48.9 Å². The SMILES string of the molecule is CCC(=O)N[C@@H](CC(C)(C)C)C(=O)N1CCNCC1. The normalized spacial score (nSPS) is 18.0. The molecule has 0 unspecified atom stereocenters. The number of carbonyl (C=O) groups excluding carboxylic acids is 2. The Balaban J connectivity index is 2.70. The van der Waals surface area contributed by atoms with Crippen LogP contribution in [0.25, 0.3) is 0 Å². The zero-order chi connectivity index (χ0) is 14.5. The second-order valence-corrected chi connectivity index (χ2v) is 6.31. The molecule has 1 aliphatic rings.